The van der Waals surface area contributed by atoms with Crippen LogP contribution in [0.25, 0.3) is 10.7 Å². The van der Waals surface area contributed by atoms with Crippen LogP contribution in [0.5, 0.6) is 0 Å². The Bertz CT molecular complexity index is 583. The highest BCUT2D eigenvalue weighted by molar-refractivity contribution is 9.13. The normalized spacial score (nSPS) is 11.7. The number of hydrogen-bond acceptors (Lipinski definition) is 4. The first-order chi connectivity index (χ1) is 8.81. The summed E-state index contributed by atoms with van der Waals surface area (Å²) in [6, 6.07) is 4.04. The second kappa shape index (κ2) is 5.50. The van der Waals surface area contributed by atoms with Crippen molar-refractivity contribution in [2.75, 3.05) is 12.4 Å². The molecule has 2 rings (SSSR count). The lowest BCUT2D eigenvalue weighted by atomic mass is 9.92. The highest BCUT2D eigenvalue weighted by Gasteiger charge is 2.19. The van der Waals surface area contributed by atoms with Gasteiger partial charge < -0.3 is 5.32 Å². The van der Waals surface area contributed by atoms with Crippen LogP contribution in [0, 0.1) is 0 Å². The molecule has 3 nitrogen and oxygen atoms in total. The zero-order valence-electron chi connectivity index (χ0n) is 11.2. The minimum atomic E-state index is -0.00495. The second-order valence-corrected chi connectivity index (χ2v) is 8.42. The molecule has 0 bridgehead atoms. The van der Waals surface area contributed by atoms with Crippen LogP contribution in [0.1, 0.15) is 26.5 Å². The fourth-order valence-corrected chi connectivity index (χ4v) is 3.50. The molecule has 0 aromatic carbocycles. The number of thiophene rings is 1. The molecule has 0 unspecified atom stereocenters. The topological polar surface area (TPSA) is 37.8 Å². The number of rotatable bonds is 2. The molecule has 1 N–H and O–H groups in total. The molecule has 0 saturated carbocycles. The van der Waals surface area contributed by atoms with Crippen molar-refractivity contribution < 1.29 is 0 Å². The summed E-state index contributed by atoms with van der Waals surface area (Å²) in [5, 5.41) is 3.10. The molecule has 6 heteroatoms. The standard InChI is InChI=1S/C13H15Br2N3S/c1-13(2,3)9-6-10(16-4)18-12(17-9)8-5-7(14)11(15)19-8/h5-6H,1-4H3,(H,16,17,18). The molecule has 0 saturated heterocycles. The summed E-state index contributed by atoms with van der Waals surface area (Å²) in [7, 11) is 1.87. The molecular weight excluding hydrogens is 390 g/mol. The molecule has 0 aliphatic carbocycles. The maximum Gasteiger partial charge on any atom is 0.171 e. The van der Waals surface area contributed by atoms with Crippen molar-refractivity contribution in [2.24, 2.45) is 0 Å². The van der Waals surface area contributed by atoms with Gasteiger partial charge in [0.05, 0.1) is 14.4 Å². The SMILES string of the molecule is CNc1cc(C(C)(C)C)nc(-c2cc(Br)c(Br)s2)n1. The quantitative estimate of drug-likeness (QED) is 0.759. The van der Waals surface area contributed by atoms with Crippen molar-refractivity contribution in [3.8, 4) is 10.7 Å². The van der Waals surface area contributed by atoms with Gasteiger partial charge in [-0.2, -0.15) is 0 Å². The summed E-state index contributed by atoms with van der Waals surface area (Å²) >= 11 is 8.63. The van der Waals surface area contributed by atoms with E-state index < -0.39 is 0 Å². The van der Waals surface area contributed by atoms with Crippen molar-refractivity contribution >= 4 is 49.0 Å². The van der Waals surface area contributed by atoms with E-state index in [1.807, 2.05) is 19.2 Å². The molecule has 0 aliphatic heterocycles. The van der Waals surface area contributed by atoms with Crippen molar-refractivity contribution in [2.45, 2.75) is 26.2 Å². The maximum atomic E-state index is 4.69. The van der Waals surface area contributed by atoms with Gasteiger partial charge in [-0.25, -0.2) is 9.97 Å². The Morgan fingerprint density at radius 2 is 1.84 bits per heavy atom. The molecule has 19 heavy (non-hydrogen) atoms. The fourth-order valence-electron chi connectivity index (χ4n) is 1.53. The highest BCUT2D eigenvalue weighted by Crippen LogP contribution is 2.37. The Hall–Kier alpha value is -0.460. The van der Waals surface area contributed by atoms with Gasteiger partial charge >= 0.3 is 0 Å². The predicted molar refractivity (Wildman–Crippen MR) is 89.0 cm³/mol. The number of nitrogens with one attached hydrogen (secondary N) is 1. The highest BCUT2D eigenvalue weighted by atomic mass is 79.9. The summed E-state index contributed by atoms with van der Waals surface area (Å²) in [5.74, 6) is 1.60. The third-order valence-corrected chi connectivity index (χ3v) is 5.87. The lowest BCUT2D eigenvalue weighted by Gasteiger charge is -2.19. The minimum absolute atomic E-state index is 0.00495. The van der Waals surface area contributed by atoms with Gasteiger partial charge in [-0.15, -0.1) is 11.3 Å². The summed E-state index contributed by atoms with van der Waals surface area (Å²) in [5.41, 5.74) is 1.03. The lowest BCUT2D eigenvalue weighted by Crippen LogP contribution is -2.15. The Kier molecular flexibility index (Phi) is 4.32. The molecule has 2 aromatic rings. The smallest absolute Gasteiger partial charge is 0.171 e. The Balaban J connectivity index is 2.57. The van der Waals surface area contributed by atoms with Crippen LogP contribution in [0.15, 0.2) is 20.4 Å². The lowest BCUT2D eigenvalue weighted by molar-refractivity contribution is 0.568. The first-order valence-electron chi connectivity index (χ1n) is 5.84. The van der Waals surface area contributed by atoms with Gasteiger partial charge in [-0.1, -0.05) is 20.8 Å². The molecule has 0 fully saturated rings. The first-order valence-corrected chi connectivity index (χ1v) is 8.24. The molecule has 0 radical (unpaired) electrons. The van der Waals surface area contributed by atoms with Crippen molar-refractivity contribution in [3.05, 3.63) is 26.1 Å². The number of hydrogen-bond donors (Lipinski definition) is 1. The molecular formula is C13H15Br2N3S. The van der Waals surface area contributed by atoms with Gasteiger partial charge in [0.25, 0.3) is 0 Å². The van der Waals surface area contributed by atoms with Gasteiger partial charge in [-0.05, 0) is 37.9 Å². The number of aromatic nitrogens is 2. The molecule has 0 atom stereocenters. The van der Waals surface area contributed by atoms with Gasteiger partial charge in [0.2, 0.25) is 0 Å². The van der Waals surface area contributed by atoms with E-state index in [1.165, 1.54) is 0 Å². The number of nitrogens with zero attached hydrogens (tertiary/aromatic N) is 2. The molecule has 0 amide bonds. The Morgan fingerprint density at radius 3 is 2.32 bits per heavy atom. The van der Waals surface area contributed by atoms with E-state index in [1.54, 1.807) is 11.3 Å². The van der Waals surface area contributed by atoms with Crippen molar-refractivity contribution in [3.63, 3.8) is 0 Å². The van der Waals surface area contributed by atoms with Crippen LogP contribution in [0.4, 0.5) is 5.82 Å². The summed E-state index contributed by atoms with van der Waals surface area (Å²) in [6.45, 7) is 6.45. The molecule has 2 aromatic heterocycles. The number of anilines is 1. The van der Waals surface area contributed by atoms with E-state index in [4.69, 9.17) is 4.98 Å². The molecule has 0 aliphatic rings. The van der Waals surface area contributed by atoms with Crippen LogP contribution in [-0.2, 0) is 5.41 Å². The third-order valence-electron chi connectivity index (χ3n) is 2.62. The predicted octanol–water partition coefficient (Wildman–Crippen LogP) is 5.07. The largest absolute Gasteiger partial charge is 0.373 e. The van der Waals surface area contributed by atoms with Crippen LogP contribution < -0.4 is 5.32 Å². The van der Waals surface area contributed by atoms with Gasteiger partial charge in [0.1, 0.15) is 5.82 Å². The van der Waals surface area contributed by atoms with Gasteiger partial charge in [0.15, 0.2) is 5.82 Å². The van der Waals surface area contributed by atoms with E-state index >= 15 is 0 Å². The van der Waals surface area contributed by atoms with Crippen LogP contribution >= 0.6 is 43.2 Å². The zero-order chi connectivity index (χ0) is 14.2. The van der Waals surface area contributed by atoms with Crippen molar-refractivity contribution in [1.29, 1.82) is 0 Å². The first kappa shape index (κ1) is 14.9. The van der Waals surface area contributed by atoms with E-state index in [0.29, 0.717) is 0 Å². The molecule has 0 spiro atoms. The van der Waals surface area contributed by atoms with Gasteiger partial charge in [0, 0.05) is 23.0 Å². The monoisotopic (exact) mass is 403 g/mol. The summed E-state index contributed by atoms with van der Waals surface area (Å²) in [6.07, 6.45) is 0. The molecule has 2 heterocycles. The Labute approximate surface area is 134 Å². The average molecular weight is 405 g/mol. The second-order valence-electron chi connectivity index (χ2n) is 5.19. The van der Waals surface area contributed by atoms with Crippen LogP contribution in [0.2, 0.25) is 0 Å². The van der Waals surface area contributed by atoms with Crippen LogP contribution in [-0.4, -0.2) is 17.0 Å². The molecule has 102 valence electrons. The fraction of sp³-hybridized carbons (Fsp3) is 0.385. The van der Waals surface area contributed by atoms with E-state index in [0.717, 1.165) is 30.5 Å². The third kappa shape index (κ3) is 3.35. The average Bonchev–Trinajstić information content (AvgIpc) is 2.68. The minimum Gasteiger partial charge on any atom is -0.373 e. The maximum absolute atomic E-state index is 4.69. The van der Waals surface area contributed by atoms with E-state index in [-0.39, 0.29) is 5.41 Å². The Morgan fingerprint density at radius 1 is 1.16 bits per heavy atom. The summed E-state index contributed by atoms with van der Waals surface area (Å²) < 4.78 is 2.08. The van der Waals surface area contributed by atoms with Gasteiger partial charge in [-0.3, -0.25) is 0 Å². The summed E-state index contributed by atoms with van der Waals surface area (Å²) in [4.78, 5) is 10.3. The van der Waals surface area contributed by atoms with Crippen LogP contribution in [0.3, 0.4) is 0 Å². The zero-order valence-corrected chi connectivity index (χ0v) is 15.2. The number of halogens is 2. The van der Waals surface area contributed by atoms with Crippen molar-refractivity contribution in [1.82, 2.24) is 9.97 Å². The van der Waals surface area contributed by atoms with E-state index in [2.05, 4.69) is 62.9 Å². The van der Waals surface area contributed by atoms with E-state index in [9.17, 15) is 0 Å².